The summed E-state index contributed by atoms with van der Waals surface area (Å²) >= 11 is 0. The molecule has 0 saturated carbocycles. The van der Waals surface area contributed by atoms with Crippen molar-refractivity contribution in [2.45, 2.75) is 39.2 Å². The molecule has 0 amide bonds. The second kappa shape index (κ2) is 5.42. The standard InChI is InChI=1S/C8H16O2/c1-3-7(4-2)5-8(10)6-9/h6-8,10H,3-5H2,1-2H3/t8-/m0/s1. The number of carbonyl (C=O) groups excluding carboxylic acids is 1. The van der Waals surface area contributed by atoms with Crippen LogP contribution in [0.25, 0.3) is 0 Å². The molecule has 0 aliphatic heterocycles. The lowest BCUT2D eigenvalue weighted by Crippen LogP contribution is -2.13. The van der Waals surface area contributed by atoms with Crippen LogP contribution in [0.1, 0.15) is 33.1 Å². The second-order valence-corrected chi connectivity index (χ2v) is 2.62. The predicted octanol–water partition coefficient (Wildman–Crippen LogP) is 1.37. The highest BCUT2D eigenvalue weighted by molar-refractivity contribution is 5.55. The maximum atomic E-state index is 10.0. The molecule has 0 aliphatic rings. The van der Waals surface area contributed by atoms with E-state index in [-0.39, 0.29) is 0 Å². The van der Waals surface area contributed by atoms with Crippen molar-refractivity contribution in [2.24, 2.45) is 5.92 Å². The molecule has 0 unspecified atom stereocenters. The normalized spacial score (nSPS) is 13.6. The molecule has 0 radical (unpaired) electrons. The van der Waals surface area contributed by atoms with E-state index in [2.05, 4.69) is 13.8 Å². The van der Waals surface area contributed by atoms with Gasteiger partial charge in [-0.3, -0.25) is 0 Å². The monoisotopic (exact) mass is 144 g/mol. The Morgan fingerprint density at radius 2 is 1.90 bits per heavy atom. The quantitative estimate of drug-likeness (QED) is 0.592. The molecule has 0 aromatic carbocycles. The van der Waals surface area contributed by atoms with Crippen LogP contribution in [0.5, 0.6) is 0 Å². The van der Waals surface area contributed by atoms with E-state index in [0.717, 1.165) is 12.8 Å². The van der Waals surface area contributed by atoms with E-state index in [1.807, 2.05) is 0 Å². The van der Waals surface area contributed by atoms with Gasteiger partial charge in [0.15, 0.2) is 0 Å². The predicted molar refractivity (Wildman–Crippen MR) is 40.8 cm³/mol. The van der Waals surface area contributed by atoms with Crippen molar-refractivity contribution in [3.05, 3.63) is 0 Å². The molecule has 0 spiro atoms. The Bertz CT molecular complexity index is 87.3. The minimum Gasteiger partial charge on any atom is -0.386 e. The van der Waals surface area contributed by atoms with E-state index in [4.69, 9.17) is 5.11 Å². The molecule has 0 bridgehead atoms. The fourth-order valence-corrected chi connectivity index (χ4v) is 1.02. The molecule has 1 N–H and O–H groups in total. The summed E-state index contributed by atoms with van der Waals surface area (Å²) in [4.78, 5) is 10.0. The average Bonchev–Trinajstić information content (AvgIpc) is 1.99. The number of rotatable bonds is 5. The van der Waals surface area contributed by atoms with Crippen molar-refractivity contribution in [2.75, 3.05) is 0 Å². The van der Waals surface area contributed by atoms with Gasteiger partial charge in [0, 0.05) is 0 Å². The van der Waals surface area contributed by atoms with Gasteiger partial charge >= 0.3 is 0 Å². The van der Waals surface area contributed by atoms with Gasteiger partial charge < -0.3 is 9.90 Å². The first-order chi connectivity index (χ1) is 4.74. The van der Waals surface area contributed by atoms with Gasteiger partial charge in [0.2, 0.25) is 0 Å². The molecule has 2 nitrogen and oxygen atoms in total. The lowest BCUT2D eigenvalue weighted by Gasteiger charge is -2.12. The largest absolute Gasteiger partial charge is 0.386 e. The number of carbonyl (C=O) groups is 1. The summed E-state index contributed by atoms with van der Waals surface area (Å²) in [6, 6.07) is 0. The molecule has 0 aromatic rings. The summed E-state index contributed by atoms with van der Waals surface area (Å²) in [7, 11) is 0. The molecule has 0 aromatic heterocycles. The van der Waals surface area contributed by atoms with Crippen LogP contribution in [-0.4, -0.2) is 17.5 Å². The molecular weight excluding hydrogens is 128 g/mol. The summed E-state index contributed by atoms with van der Waals surface area (Å²) in [6.45, 7) is 4.15. The van der Waals surface area contributed by atoms with Crippen LogP contribution in [0.3, 0.4) is 0 Å². The van der Waals surface area contributed by atoms with Gasteiger partial charge in [-0.1, -0.05) is 26.7 Å². The molecule has 0 heterocycles. The highest BCUT2D eigenvalue weighted by Crippen LogP contribution is 2.13. The molecule has 0 fully saturated rings. The lowest BCUT2D eigenvalue weighted by atomic mass is 9.97. The Labute approximate surface area is 62.2 Å². The van der Waals surface area contributed by atoms with E-state index in [0.29, 0.717) is 18.6 Å². The summed E-state index contributed by atoms with van der Waals surface area (Å²) in [5, 5.41) is 8.92. The smallest absolute Gasteiger partial charge is 0.148 e. The molecule has 2 heteroatoms. The van der Waals surface area contributed by atoms with Gasteiger partial charge in [-0.2, -0.15) is 0 Å². The summed E-state index contributed by atoms with van der Waals surface area (Å²) < 4.78 is 0. The van der Waals surface area contributed by atoms with Crippen molar-refractivity contribution in [1.82, 2.24) is 0 Å². The van der Waals surface area contributed by atoms with Crippen molar-refractivity contribution < 1.29 is 9.90 Å². The maximum absolute atomic E-state index is 10.0. The molecule has 10 heavy (non-hydrogen) atoms. The van der Waals surface area contributed by atoms with Gasteiger partial charge in [-0.15, -0.1) is 0 Å². The second-order valence-electron chi connectivity index (χ2n) is 2.62. The van der Waals surface area contributed by atoms with Crippen LogP contribution in [0, 0.1) is 5.92 Å². The number of aliphatic hydroxyl groups is 1. The Balaban J connectivity index is 3.51. The third kappa shape index (κ3) is 3.62. The zero-order valence-electron chi connectivity index (χ0n) is 6.71. The van der Waals surface area contributed by atoms with Crippen molar-refractivity contribution in [1.29, 1.82) is 0 Å². The fourth-order valence-electron chi connectivity index (χ4n) is 1.02. The first-order valence-electron chi connectivity index (χ1n) is 3.87. The average molecular weight is 144 g/mol. The SMILES string of the molecule is CCC(CC)C[C@H](O)C=O. The summed E-state index contributed by atoms with van der Waals surface area (Å²) in [5.74, 6) is 0.500. The highest BCUT2D eigenvalue weighted by atomic mass is 16.3. The third-order valence-electron chi connectivity index (χ3n) is 1.89. The van der Waals surface area contributed by atoms with Crippen molar-refractivity contribution in [3.8, 4) is 0 Å². The van der Waals surface area contributed by atoms with Crippen LogP contribution >= 0.6 is 0 Å². The first-order valence-corrected chi connectivity index (χ1v) is 3.87. The number of hydrogen-bond donors (Lipinski definition) is 1. The summed E-state index contributed by atoms with van der Waals surface area (Å²) in [5.41, 5.74) is 0. The minimum absolute atomic E-state index is 0.500. The van der Waals surface area contributed by atoms with E-state index in [9.17, 15) is 4.79 Å². The number of aliphatic hydroxyl groups excluding tert-OH is 1. The van der Waals surface area contributed by atoms with E-state index < -0.39 is 6.10 Å². The molecule has 0 aliphatic carbocycles. The zero-order chi connectivity index (χ0) is 7.98. The van der Waals surface area contributed by atoms with E-state index in [1.54, 1.807) is 0 Å². The molecule has 60 valence electrons. The molecule has 0 saturated heterocycles. The van der Waals surface area contributed by atoms with Crippen LogP contribution in [0.4, 0.5) is 0 Å². The Morgan fingerprint density at radius 1 is 1.40 bits per heavy atom. The first kappa shape index (κ1) is 9.63. The summed E-state index contributed by atoms with van der Waals surface area (Å²) in [6.07, 6.45) is 2.57. The number of aldehydes is 1. The van der Waals surface area contributed by atoms with Gasteiger partial charge in [0.1, 0.15) is 12.4 Å². The van der Waals surface area contributed by atoms with E-state index >= 15 is 0 Å². The minimum atomic E-state index is -0.745. The molecular formula is C8H16O2. The van der Waals surface area contributed by atoms with Gasteiger partial charge in [0.25, 0.3) is 0 Å². The van der Waals surface area contributed by atoms with Crippen molar-refractivity contribution >= 4 is 6.29 Å². The van der Waals surface area contributed by atoms with E-state index in [1.165, 1.54) is 0 Å². The zero-order valence-corrected chi connectivity index (χ0v) is 6.71. The Kier molecular flexibility index (Phi) is 5.22. The fraction of sp³-hybridized carbons (Fsp3) is 0.875. The topological polar surface area (TPSA) is 37.3 Å². The van der Waals surface area contributed by atoms with Crippen LogP contribution in [-0.2, 0) is 4.79 Å². The van der Waals surface area contributed by atoms with Crippen LogP contribution in [0.2, 0.25) is 0 Å². The molecule has 0 rings (SSSR count). The third-order valence-corrected chi connectivity index (χ3v) is 1.89. The van der Waals surface area contributed by atoms with Crippen LogP contribution < -0.4 is 0 Å². The van der Waals surface area contributed by atoms with Gasteiger partial charge in [-0.05, 0) is 12.3 Å². The van der Waals surface area contributed by atoms with Gasteiger partial charge in [0.05, 0.1) is 0 Å². The molecule has 1 atom stereocenters. The lowest BCUT2D eigenvalue weighted by molar-refractivity contribution is -0.115. The Hall–Kier alpha value is -0.370. The van der Waals surface area contributed by atoms with Gasteiger partial charge in [-0.25, -0.2) is 0 Å². The highest BCUT2D eigenvalue weighted by Gasteiger charge is 2.09. The van der Waals surface area contributed by atoms with Crippen molar-refractivity contribution in [3.63, 3.8) is 0 Å². The Morgan fingerprint density at radius 3 is 2.20 bits per heavy atom. The maximum Gasteiger partial charge on any atom is 0.148 e. The number of hydrogen-bond acceptors (Lipinski definition) is 2. The van der Waals surface area contributed by atoms with Crippen LogP contribution in [0.15, 0.2) is 0 Å².